The van der Waals surface area contributed by atoms with Crippen molar-refractivity contribution in [3.63, 3.8) is 0 Å². The summed E-state index contributed by atoms with van der Waals surface area (Å²) in [5.74, 6) is -0.695. The van der Waals surface area contributed by atoms with E-state index in [-0.39, 0.29) is 18.1 Å². The number of anilines is 1. The molecule has 1 aromatic heterocycles. The predicted molar refractivity (Wildman–Crippen MR) is 107 cm³/mol. The van der Waals surface area contributed by atoms with Crippen molar-refractivity contribution in [2.24, 2.45) is 4.99 Å². The molecule has 0 saturated carbocycles. The van der Waals surface area contributed by atoms with Gasteiger partial charge in [-0.25, -0.2) is 9.38 Å². The molecule has 0 aliphatic carbocycles. The van der Waals surface area contributed by atoms with Gasteiger partial charge in [0.1, 0.15) is 5.82 Å². The first-order chi connectivity index (χ1) is 13.1. The van der Waals surface area contributed by atoms with Crippen LogP contribution >= 0.6 is 15.9 Å². The zero-order valence-corrected chi connectivity index (χ0v) is 15.8. The third-order valence-electron chi connectivity index (χ3n) is 3.53. The number of benzene rings is 2. The van der Waals surface area contributed by atoms with Gasteiger partial charge in [0, 0.05) is 21.9 Å². The number of hydrogen-bond donors (Lipinski definition) is 2. The highest BCUT2D eigenvalue weighted by Crippen LogP contribution is 2.15. The molecule has 0 radical (unpaired) electrons. The van der Waals surface area contributed by atoms with Gasteiger partial charge < -0.3 is 5.32 Å². The maximum absolute atomic E-state index is 13.4. The molecule has 136 valence electrons. The Labute approximate surface area is 164 Å². The lowest BCUT2D eigenvalue weighted by Gasteiger charge is -2.12. The van der Waals surface area contributed by atoms with E-state index in [1.54, 1.807) is 6.20 Å². The molecule has 2 aromatic carbocycles. The Morgan fingerprint density at radius 2 is 1.93 bits per heavy atom. The zero-order valence-electron chi connectivity index (χ0n) is 14.2. The molecule has 3 aromatic rings. The van der Waals surface area contributed by atoms with Gasteiger partial charge in [0.05, 0.1) is 12.2 Å². The quantitative estimate of drug-likeness (QED) is 0.480. The van der Waals surface area contributed by atoms with Crippen LogP contribution in [0.3, 0.4) is 0 Å². The van der Waals surface area contributed by atoms with Crippen LogP contribution < -0.4 is 10.6 Å². The molecule has 27 heavy (non-hydrogen) atoms. The Balaban J connectivity index is 1.81. The van der Waals surface area contributed by atoms with E-state index in [0.29, 0.717) is 0 Å². The van der Waals surface area contributed by atoms with Crippen LogP contribution in [0.5, 0.6) is 0 Å². The summed E-state index contributed by atoms with van der Waals surface area (Å²) in [6, 6.07) is 18.4. The zero-order chi connectivity index (χ0) is 19.1. The van der Waals surface area contributed by atoms with Crippen LogP contribution in [0.4, 0.5) is 10.1 Å². The highest BCUT2D eigenvalue weighted by atomic mass is 79.9. The van der Waals surface area contributed by atoms with E-state index < -0.39 is 11.7 Å². The molecule has 0 fully saturated rings. The number of halogens is 2. The summed E-state index contributed by atoms with van der Waals surface area (Å²) in [7, 11) is 0. The predicted octanol–water partition coefficient (Wildman–Crippen LogP) is 4.38. The van der Waals surface area contributed by atoms with Gasteiger partial charge in [-0.1, -0.05) is 34.1 Å². The smallest absolute Gasteiger partial charge is 0.258 e. The van der Waals surface area contributed by atoms with Crippen LogP contribution in [-0.2, 0) is 6.54 Å². The van der Waals surface area contributed by atoms with Crippen molar-refractivity contribution in [2.45, 2.75) is 6.54 Å². The number of aliphatic imine (C=N–C) groups is 1. The van der Waals surface area contributed by atoms with Crippen LogP contribution in [0.15, 0.2) is 82.4 Å². The number of hydrogen-bond acceptors (Lipinski definition) is 3. The van der Waals surface area contributed by atoms with Crippen molar-refractivity contribution in [3.05, 3.63) is 94.5 Å². The summed E-state index contributed by atoms with van der Waals surface area (Å²) < 4.78 is 14.3. The highest BCUT2D eigenvalue weighted by Gasteiger charge is 2.10. The molecule has 0 spiro atoms. The van der Waals surface area contributed by atoms with E-state index in [2.05, 4.69) is 36.5 Å². The van der Waals surface area contributed by atoms with Gasteiger partial charge in [-0.3, -0.25) is 15.1 Å². The largest absolute Gasteiger partial charge is 0.326 e. The molecule has 5 nitrogen and oxygen atoms in total. The van der Waals surface area contributed by atoms with Gasteiger partial charge in [0.15, 0.2) is 0 Å². The molecule has 0 atom stereocenters. The monoisotopic (exact) mass is 426 g/mol. The van der Waals surface area contributed by atoms with Crippen molar-refractivity contribution in [3.8, 4) is 0 Å². The van der Waals surface area contributed by atoms with Gasteiger partial charge in [-0.05, 0) is 48.5 Å². The van der Waals surface area contributed by atoms with Crippen LogP contribution in [0.1, 0.15) is 16.1 Å². The van der Waals surface area contributed by atoms with Crippen molar-refractivity contribution >= 4 is 33.5 Å². The van der Waals surface area contributed by atoms with E-state index in [9.17, 15) is 9.18 Å². The van der Waals surface area contributed by atoms with Gasteiger partial charge in [0.25, 0.3) is 5.91 Å². The van der Waals surface area contributed by atoms with E-state index in [4.69, 9.17) is 0 Å². The van der Waals surface area contributed by atoms with Crippen LogP contribution in [-0.4, -0.2) is 16.9 Å². The van der Waals surface area contributed by atoms with Gasteiger partial charge in [-0.15, -0.1) is 0 Å². The maximum Gasteiger partial charge on any atom is 0.258 e. The second kappa shape index (κ2) is 9.05. The Bertz CT molecular complexity index is 963. The Morgan fingerprint density at radius 1 is 1.07 bits per heavy atom. The summed E-state index contributed by atoms with van der Waals surface area (Å²) in [6.45, 7) is 0.278. The van der Waals surface area contributed by atoms with E-state index >= 15 is 0 Å². The number of nitrogens with one attached hydrogen (secondary N) is 2. The third-order valence-corrected chi connectivity index (χ3v) is 4.02. The van der Waals surface area contributed by atoms with Crippen molar-refractivity contribution in [1.29, 1.82) is 0 Å². The van der Waals surface area contributed by atoms with Gasteiger partial charge in [-0.2, -0.15) is 0 Å². The summed E-state index contributed by atoms with van der Waals surface area (Å²) in [4.78, 5) is 21.1. The first kappa shape index (κ1) is 18.7. The minimum absolute atomic E-state index is 0.205. The molecular formula is C20H16BrFN4O. The van der Waals surface area contributed by atoms with Crippen molar-refractivity contribution in [1.82, 2.24) is 10.3 Å². The van der Waals surface area contributed by atoms with Gasteiger partial charge >= 0.3 is 0 Å². The van der Waals surface area contributed by atoms with Crippen LogP contribution in [0.2, 0.25) is 0 Å². The van der Waals surface area contributed by atoms with Gasteiger partial charge in [0.2, 0.25) is 5.96 Å². The molecule has 7 heteroatoms. The fourth-order valence-electron chi connectivity index (χ4n) is 2.27. The molecule has 0 unspecified atom stereocenters. The summed E-state index contributed by atoms with van der Waals surface area (Å²) in [5.41, 5.74) is 1.70. The second-order valence-corrected chi connectivity index (χ2v) is 6.50. The standard InChI is InChI=1S/C20H16BrFN4O/c21-15-6-4-9-17(12-15)25-20(24-13-18-8-1-2-10-23-18)26-19(27)14-5-3-7-16(22)11-14/h1-12H,13H2,(H2,24,25,26,27). The Morgan fingerprint density at radius 3 is 2.67 bits per heavy atom. The average molecular weight is 427 g/mol. The number of amides is 1. The second-order valence-electron chi connectivity index (χ2n) is 5.59. The topological polar surface area (TPSA) is 66.4 Å². The average Bonchev–Trinajstić information content (AvgIpc) is 2.67. The van der Waals surface area contributed by atoms with E-state index in [0.717, 1.165) is 15.9 Å². The van der Waals surface area contributed by atoms with Crippen molar-refractivity contribution < 1.29 is 9.18 Å². The molecule has 2 N–H and O–H groups in total. The lowest BCUT2D eigenvalue weighted by molar-refractivity contribution is 0.0976. The normalized spacial score (nSPS) is 11.1. The molecule has 0 aliphatic heterocycles. The fraction of sp³-hybridized carbons (Fsp3) is 0.0500. The number of aromatic nitrogens is 1. The summed E-state index contributed by atoms with van der Waals surface area (Å²) in [5, 5.41) is 5.76. The minimum Gasteiger partial charge on any atom is -0.326 e. The number of guanidine groups is 1. The minimum atomic E-state index is -0.477. The Kier molecular flexibility index (Phi) is 6.27. The lowest BCUT2D eigenvalue weighted by atomic mass is 10.2. The van der Waals surface area contributed by atoms with Crippen LogP contribution in [0, 0.1) is 5.82 Å². The molecule has 0 saturated heterocycles. The lowest BCUT2D eigenvalue weighted by Crippen LogP contribution is -2.36. The Hall–Kier alpha value is -3.06. The number of carbonyl (C=O) groups excluding carboxylic acids is 1. The number of carbonyl (C=O) groups is 1. The first-order valence-electron chi connectivity index (χ1n) is 8.14. The molecule has 1 heterocycles. The van der Waals surface area contributed by atoms with Crippen molar-refractivity contribution in [2.75, 3.05) is 5.32 Å². The number of pyridine rings is 1. The first-order valence-corrected chi connectivity index (χ1v) is 8.93. The van der Waals surface area contributed by atoms with E-state index in [1.165, 1.54) is 24.3 Å². The summed E-state index contributed by atoms with van der Waals surface area (Å²) >= 11 is 3.40. The third kappa shape index (κ3) is 5.72. The fourth-order valence-corrected chi connectivity index (χ4v) is 2.67. The summed E-state index contributed by atoms with van der Waals surface area (Å²) in [6.07, 6.45) is 1.68. The molecule has 0 aliphatic rings. The van der Waals surface area contributed by atoms with E-state index in [1.807, 2.05) is 42.5 Å². The molecule has 1 amide bonds. The molecule has 0 bridgehead atoms. The SMILES string of the molecule is O=C(NC(=NCc1ccccn1)Nc1cccc(Br)c1)c1cccc(F)c1. The molecular weight excluding hydrogens is 411 g/mol. The maximum atomic E-state index is 13.4. The van der Waals surface area contributed by atoms with Crippen LogP contribution in [0.25, 0.3) is 0 Å². The molecule has 3 rings (SSSR count). The number of nitrogens with zero attached hydrogens (tertiary/aromatic N) is 2. The highest BCUT2D eigenvalue weighted by molar-refractivity contribution is 9.10. The number of rotatable bonds is 4.